The summed E-state index contributed by atoms with van der Waals surface area (Å²) >= 11 is 6.01. The highest BCUT2D eigenvalue weighted by Crippen LogP contribution is 2.26. The predicted octanol–water partition coefficient (Wildman–Crippen LogP) is 4.55. The van der Waals surface area contributed by atoms with Crippen LogP contribution in [-0.4, -0.2) is 85.6 Å². The number of benzene rings is 3. The molecule has 1 saturated heterocycles. The number of amides is 1. The number of sulfonamides is 1. The molecule has 0 bridgehead atoms. The maximum Gasteiger partial charge on any atom is 0.243 e. The summed E-state index contributed by atoms with van der Waals surface area (Å²) in [5, 5.41) is 3.29. The van der Waals surface area contributed by atoms with Crippen molar-refractivity contribution in [3.63, 3.8) is 0 Å². The molecular formula is C31H34ClN5O5S. The van der Waals surface area contributed by atoms with Crippen LogP contribution in [0.2, 0.25) is 5.02 Å². The van der Waals surface area contributed by atoms with E-state index in [0.29, 0.717) is 55.9 Å². The number of ether oxygens (including phenoxy) is 2. The van der Waals surface area contributed by atoms with Gasteiger partial charge in [0.25, 0.3) is 0 Å². The van der Waals surface area contributed by atoms with Crippen molar-refractivity contribution in [2.75, 3.05) is 57.9 Å². The Morgan fingerprint density at radius 2 is 1.79 bits per heavy atom. The summed E-state index contributed by atoms with van der Waals surface area (Å²) in [6.07, 6.45) is 1.83. The van der Waals surface area contributed by atoms with Crippen molar-refractivity contribution in [1.29, 1.82) is 0 Å². The van der Waals surface area contributed by atoms with Gasteiger partial charge >= 0.3 is 0 Å². The monoisotopic (exact) mass is 623 g/mol. The zero-order chi connectivity index (χ0) is 30.2. The molecule has 0 saturated carbocycles. The van der Waals surface area contributed by atoms with E-state index in [4.69, 9.17) is 26.1 Å². The van der Waals surface area contributed by atoms with Gasteiger partial charge in [0.2, 0.25) is 21.9 Å². The summed E-state index contributed by atoms with van der Waals surface area (Å²) in [5.41, 5.74) is 2.25. The molecule has 1 aromatic heterocycles. The Labute approximate surface area is 256 Å². The van der Waals surface area contributed by atoms with Crippen LogP contribution in [0.25, 0.3) is 16.9 Å². The molecule has 0 radical (unpaired) electrons. The fourth-order valence-electron chi connectivity index (χ4n) is 4.75. The van der Waals surface area contributed by atoms with Crippen molar-refractivity contribution in [3.05, 3.63) is 90.1 Å². The van der Waals surface area contributed by atoms with Gasteiger partial charge < -0.3 is 9.47 Å². The number of nitrogens with zero attached hydrogens (tertiary/aromatic N) is 4. The zero-order valence-corrected chi connectivity index (χ0v) is 25.4. The molecule has 226 valence electrons. The van der Waals surface area contributed by atoms with E-state index in [2.05, 4.69) is 10.2 Å². The summed E-state index contributed by atoms with van der Waals surface area (Å²) in [6, 6.07) is 23.0. The number of morpholine rings is 1. The minimum atomic E-state index is -4.01. The average molecular weight is 624 g/mol. The molecule has 2 heterocycles. The van der Waals surface area contributed by atoms with Crippen LogP contribution < -0.4 is 10.1 Å². The quantitative estimate of drug-likeness (QED) is 0.247. The number of carbonyl (C=O) groups excluding carboxylic acids is 1. The molecule has 0 aliphatic carbocycles. The molecule has 5 rings (SSSR count). The Morgan fingerprint density at radius 1 is 1.05 bits per heavy atom. The van der Waals surface area contributed by atoms with Gasteiger partial charge in [-0.1, -0.05) is 48.0 Å². The third-order valence-corrected chi connectivity index (χ3v) is 9.09. The van der Waals surface area contributed by atoms with Gasteiger partial charge in [0.1, 0.15) is 5.75 Å². The lowest BCUT2D eigenvalue weighted by Crippen LogP contribution is -2.45. The van der Waals surface area contributed by atoms with Crippen LogP contribution in [0.4, 0.5) is 5.95 Å². The second-order valence-electron chi connectivity index (χ2n) is 9.91. The van der Waals surface area contributed by atoms with Crippen molar-refractivity contribution in [2.24, 2.45) is 0 Å². The van der Waals surface area contributed by atoms with E-state index in [1.165, 1.54) is 28.6 Å². The van der Waals surface area contributed by atoms with Crippen molar-refractivity contribution in [2.45, 2.75) is 11.8 Å². The van der Waals surface area contributed by atoms with Gasteiger partial charge in [-0.25, -0.2) is 13.4 Å². The SMILES string of the molecule is CCOc1cccc(-n2cc(-c3ccccc3)nc2NC(=O)CN(CCN2CCOCC2)S(=O)(=O)c2ccc(Cl)cc2)c1. The number of imidazole rings is 1. The zero-order valence-electron chi connectivity index (χ0n) is 23.9. The number of hydrogen-bond acceptors (Lipinski definition) is 7. The van der Waals surface area contributed by atoms with E-state index < -0.39 is 22.5 Å². The molecule has 12 heteroatoms. The van der Waals surface area contributed by atoms with Crippen LogP contribution in [0.5, 0.6) is 5.75 Å². The first-order valence-electron chi connectivity index (χ1n) is 14.1. The Morgan fingerprint density at radius 3 is 2.51 bits per heavy atom. The fourth-order valence-corrected chi connectivity index (χ4v) is 6.26. The molecular weight excluding hydrogens is 590 g/mol. The number of anilines is 1. The van der Waals surface area contributed by atoms with Gasteiger partial charge in [-0.3, -0.25) is 19.6 Å². The average Bonchev–Trinajstić information content (AvgIpc) is 3.44. The first kappa shape index (κ1) is 30.7. The molecule has 1 N–H and O–H groups in total. The van der Waals surface area contributed by atoms with Crippen molar-refractivity contribution in [1.82, 2.24) is 18.8 Å². The number of hydrogen-bond donors (Lipinski definition) is 1. The van der Waals surface area contributed by atoms with E-state index in [9.17, 15) is 13.2 Å². The normalized spacial score (nSPS) is 14.1. The van der Waals surface area contributed by atoms with Crippen LogP contribution in [0.15, 0.2) is 90.0 Å². The third kappa shape index (κ3) is 7.81. The first-order chi connectivity index (χ1) is 20.8. The van der Waals surface area contributed by atoms with Crippen LogP contribution in [0, 0.1) is 0 Å². The molecule has 43 heavy (non-hydrogen) atoms. The summed E-state index contributed by atoms with van der Waals surface area (Å²) in [6.45, 7) is 5.16. The smallest absolute Gasteiger partial charge is 0.243 e. The first-order valence-corrected chi connectivity index (χ1v) is 15.9. The Bertz CT molecular complexity index is 1620. The van der Waals surface area contributed by atoms with E-state index in [1.807, 2.05) is 67.7 Å². The van der Waals surface area contributed by atoms with Gasteiger partial charge in [0, 0.05) is 49.0 Å². The number of rotatable bonds is 12. The lowest BCUT2D eigenvalue weighted by molar-refractivity contribution is -0.116. The third-order valence-electron chi connectivity index (χ3n) is 6.97. The van der Waals surface area contributed by atoms with Gasteiger partial charge in [0.15, 0.2) is 0 Å². The highest BCUT2D eigenvalue weighted by Gasteiger charge is 2.28. The van der Waals surface area contributed by atoms with Crippen LogP contribution in [-0.2, 0) is 19.6 Å². The molecule has 10 nitrogen and oxygen atoms in total. The lowest BCUT2D eigenvalue weighted by atomic mass is 10.2. The van der Waals surface area contributed by atoms with Gasteiger partial charge in [-0.2, -0.15) is 4.31 Å². The number of halogens is 1. The molecule has 1 amide bonds. The number of nitrogens with one attached hydrogen (secondary N) is 1. The van der Waals surface area contributed by atoms with Gasteiger partial charge in [0.05, 0.1) is 42.6 Å². The lowest BCUT2D eigenvalue weighted by Gasteiger charge is -2.29. The van der Waals surface area contributed by atoms with Gasteiger partial charge in [-0.15, -0.1) is 0 Å². The summed E-state index contributed by atoms with van der Waals surface area (Å²) in [5.74, 6) is 0.414. The van der Waals surface area contributed by atoms with Crippen molar-refractivity contribution < 1.29 is 22.7 Å². The van der Waals surface area contributed by atoms with Crippen LogP contribution >= 0.6 is 11.6 Å². The summed E-state index contributed by atoms with van der Waals surface area (Å²) in [4.78, 5) is 20.5. The van der Waals surface area contributed by atoms with Gasteiger partial charge in [-0.05, 0) is 43.3 Å². The fraction of sp³-hybridized carbons (Fsp3) is 0.290. The molecule has 0 atom stereocenters. The van der Waals surface area contributed by atoms with E-state index >= 15 is 0 Å². The summed E-state index contributed by atoms with van der Waals surface area (Å²) < 4.78 is 41.5. The highest BCUT2D eigenvalue weighted by molar-refractivity contribution is 7.89. The number of carbonyl (C=O) groups is 1. The van der Waals surface area contributed by atoms with E-state index in [-0.39, 0.29) is 17.4 Å². The molecule has 1 aliphatic heterocycles. The Kier molecular flexibility index (Phi) is 10.1. The molecule has 3 aromatic carbocycles. The minimum Gasteiger partial charge on any atom is -0.494 e. The standard InChI is InChI=1S/C31H34ClN5O5S/c1-2-42-27-10-6-9-26(21-27)37-22-29(24-7-4-3-5-8-24)33-31(37)34-30(38)23-36(16-15-35-17-19-41-20-18-35)43(39,40)28-13-11-25(32)12-14-28/h3-14,21-22H,2,15-20,23H2,1H3,(H,33,34,38). The summed E-state index contributed by atoms with van der Waals surface area (Å²) in [7, 11) is -4.01. The second-order valence-corrected chi connectivity index (χ2v) is 12.3. The molecule has 4 aromatic rings. The maximum atomic E-state index is 13.7. The second kappa shape index (κ2) is 14.2. The number of aromatic nitrogens is 2. The topological polar surface area (TPSA) is 106 Å². The molecule has 0 spiro atoms. The molecule has 1 fully saturated rings. The van der Waals surface area contributed by atoms with Crippen molar-refractivity contribution >= 4 is 33.5 Å². The van der Waals surface area contributed by atoms with Crippen molar-refractivity contribution in [3.8, 4) is 22.7 Å². The molecule has 1 aliphatic rings. The largest absolute Gasteiger partial charge is 0.494 e. The van der Waals surface area contributed by atoms with E-state index in [1.54, 1.807) is 4.57 Å². The maximum absolute atomic E-state index is 13.7. The Hall–Kier alpha value is -3.74. The van der Waals surface area contributed by atoms with E-state index in [0.717, 1.165) is 11.3 Å². The van der Waals surface area contributed by atoms with Crippen LogP contribution in [0.1, 0.15) is 6.92 Å². The highest BCUT2D eigenvalue weighted by atomic mass is 35.5. The Balaban J connectivity index is 1.43. The minimum absolute atomic E-state index is 0.0623. The molecule has 0 unspecified atom stereocenters. The predicted molar refractivity (Wildman–Crippen MR) is 166 cm³/mol. The van der Waals surface area contributed by atoms with Crippen LogP contribution in [0.3, 0.4) is 0 Å².